The van der Waals surface area contributed by atoms with Crippen LogP contribution in [0.15, 0.2) is 22.3 Å². The summed E-state index contributed by atoms with van der Waals surface area (Å²) in [6.45, 7) is 40.3. The van der Waals surface area contributed by atoms with Gasteiger partial charge in [-0.2, -0.15) is 0 Å². The standard InChI is InChI=1S/C27H48/c1-17-19(3)26(15)20(4)18(2)22(7,8)27(16,21(17,5)6)25(13,14)23(9,10)24(26,11)12/h1-16H3/b19-17-,20-18-. The van der Waals surface area contributed by atoms with Crippen LogP contribution in [0.5, 0.6) is 0 Å². The predicted octanol–water partition coefficient (Wildman–Crippen LogP) is 8.83. The zero-order valence-corrected chi connectivity index (χ0v) is 21.5. The second kappa shape index (κ2) is 5.34. The van der Waals surface area contributed by atoms with Crippen LogP contribution < -0.4 is 0 Å². The van der Waals surface area contributed by atoms with Crippen LogP contribution >= 0.6 is 0 Å². The number of fused-ring (bicyclic) bond motifs is 4. The first-order chi connectivity index (χ1) is 11.6. The Morgan fingerprint density at radius 1 is 0.370 bits per heavy atom. The highest BCUT2D eigenvalue weighted by Gasteiger charge is 2.72. The van der Waals surface area contributed by atoms with Crippen molar-refractivity contribution in [1.82, 2.24) is 0 Å². The first kappa shape index (κ1) is 22.8. The summed E-state index contributed by atoms with van der Waals surface area (Å²) in [6.07, 6.45) is 0. The van der Waals surface area contributed by atoms with E-state index in [1.54, 1.807) is 22.3 Å². The lowest BCUT2D eigenvalue weighted by Crippen LogP contribution is -2.68. The molecule has 0 aliphatic heterocycles. The molecule has 0 saturated heterocycles. The van der Waals surface area contributed by atoms with Crippen LogP contribution in [0.25, 0.3) is 0 Å². The number of hydrogen-bond acceptors (Lipinski definition) is 0. The van der Waals surface area contributed by atoms with E-state index in [1.807, 2.05) is 0 Å². The third-order valence-corrected chi connectivity index (χ3v) is 12.6. The fourth-order valence-electron chi connectivity index (χ4n) is 8.03. The van der Waals surface area contributed by atoms with Crippen molar-refractivity contribution in [2.24, 2.45) is 37.9 Å². The Kier molecular flexibility index (Phi) is 4.50. The molecule has 0 aromatic heterocycles. The summed E-state index contributed by atoms with van der Waals surface area (Å²) in [4.78, 5) is 0. The van der Waals surface area contributed by atoms with Gasteiger partial charge in [-0.05, 0) is 60.2 Å². The predicted molar refractivity (Wildman–Crippen MR) is 122 cm³/mol. The Morgan fingerprint density at radius 3 is 0.963 bits per heavy atom. The lowest BCUT2D eigenvalue weighted by molar-refractivity contribution is -0.214. The summed E-state index contributed by atoms with van der Waals surface area (Å²) in [5.41, 5.74) is 7.11. The van der Waals surface area contributed by atoms with Crippen molar-refractivity contribution in [3.8, 4) is 0 Å². The molecule has 0 fully saturated rings. The van der Waals surface area contributed by atoms with E-state index >= 15 is 0 Å². The normalized spacial score (nSPS) is 44.4. The topological polar surface area (TPSA) is 0 Å². The van der Waals surface area contributed by atoms with Gasteiger partial charge in [0, 0.05) is 5.41 Å². The van der Waals surface area contributed by atoms with Gasteiger partial charge in [-0.1, -0.05) is 105 Å². The molecular formula is C27H48. The van der Waals surface area contributed by atoms with Gasteiger partial charge in [0.25, 0.3) is 0 Å². The maximum Gasteiger partial charge on any atom is 0.0149 e. The lowest BCUT2D eigenvalue weighted by atomic mass is 9.29. The van der Waals surface area contributed by atoms with Gasteiger partial charge in [-0.3, -0.25) is 0 Å². The molecule has 0 aromatic carbocycles. The first-order valence-corrected chi connectivity index (χ1v) is 11.0. The van der Waals surface area contributed by atoms with Crippen molar-refractivity contribution in [3.63, 3.8) is 0 Å². The highest BCUT2D eigenvalue weighted by molar-refractivity contribution is 5.46. The summed E-state index contributed by atoms with van der Waals surface area (Å²) in [7, 11) is 0. The van der Waals surface area contributed by atoms with Gasteiger partial charge in [0.1, 0.15) is 0 Å². The van der Waals surface area contributed by atoms with E-state index in [2.05, 4.69) is 111 Å². The Balaban J connectivity index is 3.37. The van der Waals surface area contributed by atoms with Gasteiger partial charge in [0.05, 0.1) is 0 Å². The third kappa shape index (κ3) is 1.92. The van der Waals surface area contributed by atoms with Gasteiger partial charge in [0.2, 0.25) is 0 Å². The average molecular weight is 373 g/mol. The second-order valence-corrected chi connectivity index (χ2v) is 12.9. The van der Waals surface area contributed by atoms with Crippen molar-refractivity contribution in [1.29, 1.82) is 0 Å². The third-order valence-electron chi connectivity index (χ3n) is 12.6. The molecule has 0 aromatic rings. The van der Waals surface area contributed by atoms with Crippen LogP contribution in [-0.2, 0) is 0 Å². The number of rotatable bonds is 0. The summed E-state index contributed by atoms with van der Waals surface area (Å²) in [5, 5.41) is 0. The SMILES string of the molecule is C/C1=C(\C)C2(C)/C(C)=C(/C)C(C)(C)C(C)(C1(C)C)C(C)(C)C(C)(C)C2(C)C. The monoisotopic (exact) mass is 372 g/mol. The van der Waals surface area contributed by atoms with E-state index in [9.17, 15) is 0 Å². The molecule has 0 heterocycles. The molecule has 3 aliphatic rings. The van der Waals surface area contributed by atoms with Crippen molar-refractivity contribution < 1.29 is 0 Å². The number of allylic oxidation sites excluding steroid dienone is 4. The van der Waals surface area contributed by atoms with Crippen LogP contribution in [0.1, 0.15) is 111 Å². The van der Waals surface area contributed by atoms with Gasteiger partial charge < -0.3 is 0 Å². The molecule has 0 amide bonds. The molecule has 0 nitrogen and oxygen atoms in total. The minimum atomic E-state index is 0.0399. The van der Waals surface area contributed by atoms with Crippen LogP contribution in [0.4, 0.5) is 0 Å². The Morgan fingerprint density at radius 2 is 0.667 bits per heavy atom. The molecule has 3 aliphatic carbocycles. The Bertz CT molecular complexity index is 690. The lowest BCUT2D eigenvalue weighted by Gasteiger charge is -2.75. The van der Waals surface area contributed by atoms with Gasteiger partial charge in [0.15, 0.2) is 0 Å². The second-order valence-electron chi connectivity index (χ2n) is 12.9. The minimum Gasteiger partial charge on any atom is -0.0673 e. The van der Waals surface area contributed by atoms with Crippen LogP contribution in [0, 0.1) is 37.9 Å². The zero-order chi connectivity index (χ0) is 21.8. The van der Waals surface area contributed by atoms with E-state index in [0.717, 1.165) is 0 Å². The summed E-state index contributed by atoms with van der Waals surface area (Å²) >= 11 is 0. The van der Waals surface area contributed by atoms with Crippen molar-refractivity contribution in [3.05, 3.63) is 22.3 Å². The first-order valence-electron chi connectivity index (χ1n) is 11.0. The zero-order valence-electron chi connectivity index (χ0n) is 21.5. The molecule has 0 radical (unpaired) electrons. The van der Waals surface area contributed by atoms with Crippen LogP contribution in [0.2, 0.25) is 0 Å². The summed E-state index contributed by atoms with van der Waals surface area (Å²) < 4.78 is 0. The van der Waals surface area contributed by atoms with E-state index in [4.69, 9.17) is 0 Å². The van der Waals surface area contributed by atoms with Crippen molar-refractivity contribution >= 4 is 0 Å². The molecule has 156 valence electrons. The van der Waals surface area contributed by atoms with E-state index in [1.165, 1.54) is 0 Å². The van der Waals surface area contributed by atoms with Crippen LogP contribution in [0.3, 0.4) is 0 Å². The van der Waals surface area contributed by atoms with Crippen molar-refractivity contribution in [2.75, 3.05) is 0 Å². The van der Waals surface area contributed by atoms with E-state index < -0.39 is 0 Å². The molecule has 0 saturated carbocycles. The number of hydrogen-bond donors (Lipinski definition) is 0. The molecular weight excluding hydrogens is 324 g/mol. The largest absolute Gasteiger partial charge is 0.0673 e. The summed E-state index contributed by atoms with van der Waals surface area (Å²) in [6, 6.07) is 0. The van der Waals surface area contributed by atoms with E-state index in [-0.39, 0.29) is 37.9 Å². The van der Waals surface area contributed by atoms with Gasteiger partial charge >= 0.3 is 0 Å². The molecule has 0 unspecified atom stereocenters. The van der Waals surface area contributed by atoms with E-state index in [0.29, 0.717) is 0 Å². The average Bonchev–Trinajstić information content (AvgIpc) is 2.54. The Labute approximate surface area is 171 Å². The van der Waals surface area contributed by atoms with Crippen molar-refractivity contribution in [2.45, 2.75) is 111 Å². The van der Waals surface area contributed by atoms with Gasteiger partial charge in [-0.15, -0.1) is 0 Å². The van der Waals surface area contributed by atoms with Gasteiger partial charge in [-0.25, -0.2) is 0 Å². The quantitative estimate of drug-likeness (QED) is 0.372. The Hall–Kier alpha value is -0.520. The highest BCUT2D eigenvalue weighted by Crippen LogP contribution is 2.79. The van der Waals surface area contributed by atoms with Crippen LogP contribution in [-0.4, -0.2) is 0 Å². The fraction of sp³-hybridized carbons (Fsp3) is 0.852. The maximum atomic E-state index is 2.60. The molecule has 0 spiro atoms. The fourth-order valence-corrected chi connectivity index (χ4v) is 8.03. The molecule has 3 rings (SSSR count). The minimum absolute atomic E-state index is 0.0399. The molecule has 2 bridgehead atoms. The summed E-state index contributed by atoms with van der Waals surface area (Å²) in [5.74, 6) is 0. The maximum absolute atomic E-state index is 2.60. The molecule has 0 N–H and O–H groups in total. The highest BCUT2D eigenvalue weighted by atomic mass is 14.8. The molecule has 0 atom stereocenters. The smallest absolute Gasteiger partial charge is 0.0149 e. The molecule has 27 heavy (non-hydrogen) atoms. The molecule has 0 heteroatoms.